The van der Waals surface area contributed by atoms with E-state index in [2.05, 4.69) is 4.98 Å². The average molecular weight is 382 g/mol. The molecule has 0 bridgehead atoms. The van der Waals surface area contributed by atoms with Gasteiger partial charge in [0.2, 0.25) is 0 Å². The van der Waals surface area contributed by atoms with Crippen LogP contribution in [0.4, 0.5) is 28.0 Å². The second kappa shape index (κ2) is 6.34. The van der Waals surface area contributed by atoms with Crippen LogP contribution in [0.1, 0.15) is 10.4 Å². The lowest BCUT2D eigenvalue weighted by molar-refractivity contribution is -0.197. The number of imide groups is 1. The highest BCUT2D eigenvalue weighted by molar-refractivity contribution is 6.24. The molecule has 1 fully saturated rings. The first-order valence-electron chi connectivity index (χ1n) is 7.37. The summed E-state index contributed by atoms with van der Waals surface area (Å²) in [7, 11) is 0. The van der Waals surface area contributed by atoms with Crippen molar-refractivity contribution in [2.24, 2.45) is 0 Å². The molecule has 2 aromatic rings. The third-order valence-corrected chi connectivity index (χ3v) is 3.76. The van der Waals surface area contributed by atoms with E-state index < -0.39 is 35.5 Å². The number of nitrogens with one attached hydrogen (secondary N) is 2. The third kappa shape index (κ3) is 3.07. The lowest BCUT2D eigenvalue weighted by Crippen LogP contribution is -2.69. The number of urea groups is 1. The van der Waals surface area contributed by atoms with Gasteiger partial charge in [-0.25, -0.2) is 14.1 Å². The molecule has 0 unspecified atom stereocenters. The third-order valence-electron chi connectivity index (χ3n) is 3.76. The maximum absolute atomic E-state index is 13.7. The van der Waals surface area contributed by atoms with Crippen molar-refractivity contribution >= 4 is 23.5 Å². The molecule has 2 heterocycles. The zero-order valence-electron chi connectivity index (χ0n) is 13.2. The summed E-state index contributed by atoms with van der Waals surface area (Å²) in [6.07, 6.45) is -3.06. The van der Waals surface area contributed by atoms with Crippen LogP contribution in [0.15, 0.2) is 48.8 Å². The number of anilines is 1. The lowest BCUT2D eigenvalue weighted by Gasteiger charge is -2.29. The Morgan fingerprint density at radius 1 is 1.15 bits per heavy atom. The Morgan fingerprint density at radius 2 is 1.81 bits per heavy atom. The molecule has 27 heavy (non-hydrogen) atoms. The Bertz CT molecular complexity index is 902. The number of aromatic nitrogens is 1. The van der Waals surface area contributed by atoms with E-state index >= 15 is 0 Å². The summed E-state index contributed by atoms with van der Waals surface area (Å²) in [5.74, 6) is -3.75. The molecule has 0 aliphatic carbocycles. The standard InChI is InChI=1S/C16H10F4N4O3/c17-10-3-5-11(6-4-10)24-13(26)15(16(18,19)20,23-14(24)27)22-12(25)9-2-1-7-21-8-9/h1-8H,(H,22,25)(H,23,27)/t15-/m1/s1. The monoisotopic (exact) mass is 382 g/mol. The topological polar surface area (TPSA) is 91.4 Å². The van der Waals surface area contributed by atoms with Crippen LogP contribution in [0.3, 0.4) is 0 Å². The molecule has 7 nitrogen and oxygen atoms in total. The van der Waals surface area contributed by atoms with E-state index in [1.807, 2.05) is 0 Å². The number of alkyl halides is 3. The van der Waals surface area contributed by atoms with Crippen molar-refractivity contribution in [3.05, 3.63) is 60.2 Å². The number of benzene rings is 1. The lowest BCUT2D eigenvalue weighted by atomic mass is 10.1. The summed E-state index contributed by atoms with van der Waals surface area (Å²) in [6, 6.07) is 4.75. The van der Waals surface area contributed by atoms with Crippen LogP contribution in [-0.2, 0) is 4.79 Å². The molecule has 1 aliphatic heterocycles. The maximum atomic E-state index is 13.7. The van der Waals surface area contributed by atoms with Crippen molar-refractivity contribution in [2.75, 3.05) is 4.90 Å². The number of carbonyl (C=O) groups is 3. The van der Waals surface area contributed by atoms with Gasteiger partial charge in [0, 0.05) is 12.4 Å². The maximum Gasteiger partial charge on any atom is 0.440 e. The minimum absolute atomic E-state index is 0.177. The minimum Gasteiger partial charge on any atom is -0.314 e. The molecule has 0 spiro atoms. The van der Waals surface area contributed by atoms with Gasteiger partial charge in [-0.2, -0.15) is 13.2 Å². The Kier molecular flexibility index (Phi) is 4.30. The predicted molar refractivity (Wildman–Crippen MR) is 82.9 cm³/mol. The second-order valence-corrected chi connectivity index (χ2v) is 5.49. The minimum atomic E-state index is -5.35. The van der Waals surface area contributed by atoms with E-state index in [0.717, 1.165) is 30.5 Å². The van der Waals surface area contributed by atoms with Gasteiger partial charge in [-0.1, -0.05) is 0 Å². The number of nitrogens with zero attached hydrogens (tertiary/aromatic N) is 2. The molecule has 140 valence electrons. The van der Waals surface area contributed by atoms with Gasteiger partial charge in [0.1, 0.15) is 5.82 Å². The molecule has 4 amide bonds. The normalized spacial score (nSPS) is 19.8. The van der Waals surface area contributed by atoms with Crippen molar-refractivity contribution in [3.8, 4) is 0 Å². The smallest absolute Gasteiger partial charge is 0.314 e. The van der Waals surface area contributed by atoms with Crippen molar-refractivity contribution in [2.45, 2.75) is 11.8 Å². The van der Waals surface area contributed by atoms with Crippen molar-refractivity contribution in [3.63, 3.8) is 0 Å². The average Bonchev–Trinajstić information content (AvgIpc) is 2.87. The number of halogens is 4. The number of amides is 4. The summed E-state index contributed by atoms with van der Waals surface area (Å²) in [6.45, 7) is 0. The zero-order chi connectivity index (χ0) is 19.8. The molecular weight excluding hydrogens is 372 g/mol. The summed E-state index contributed by atoms with van der Waals surface area (Å²) in [5, 5.41) is 3.03. The molecule has 1 saturated heterocycles. The summed E-state index contributed by atoms with van der Waals surface area (Å²) in [5.41, 5.74) is -4.21. The molecule has 0 radical (unpaired) electrons. The Morgan fingerprint density at radius 3 is 2.37 bits per heavy atom. The van der Waals surface area contributed by atoms with Gasteiger partial charge in [-0.15, -0.1) is 0 Å². The Balaban J connectivity index is 2.00. The fraction of sp³-hybridized carbons (Fsp3) is 0.125. The van der Waals surface area contributed by atoms with Gasteiger partial charge in [0.05, 0.1) is 11.3 Å². The van der Waals surface area contributed by atoms with Gasteiger partial charge in [0.25, 0.3) is 17.5 Å². The molecule has 1 atom stereocenters. The van der Waals surface area contributed by atoms with Crippen LogP contribution in [0.25, 0.3) is 0 Å². The molecular formula is C16H10F4N4O3. The van der Waals surface area contributed by atoms with Crippen LogP contribution >= 0.6 is 0 Å². The molecule has 1 aromatic heterocycles. The first kappa shape index (κ1) is 18.3. The number of pyridine rings is 1. The van der Waals surface area contributed by atoms with Crippen LogP contribution < -0.4 is 15.5 Å². The molecule has 1 aromatic carbocycles. The first-order chi connectivity index (χ1) is 12.7. The van der Waals surface area contributed by atoms with E-state index in [1.54, 1.807) is 0 Å². The summed E-state index contributed by atoms with van der Waals surface area (Å²) in [4.78, 5) is 40.6. The largest absolute Gasteiger partial charge is 0.440 e. The first-order valence-corrected chi connectivity index (χ1v) is 7.37. The van der Waals surface area contributed by atoms with E-state index in [0.29, 0.717) is 0 Å². The summed E-state index contributed by atoms with van der Waals surface area (Å²) < 4.78 is 54.2. The van der Waals surface area contributed by atoms with Gasteiger partial charge >= 0.3 is 12.2 Å². The SMILES string of the molecule is O=C(N[C@@]1(C(F)(F)F)NC(=O)N(c2ccc(F)cc2)C1=O)c1cccnc1. The highest BCUT2D eigenvalue weighted by Gasteiger charge is 2.69. The molecule has 1 aliphatic rings. The molecule has 11 heteroatoms. The van der Waals surface area contributed by atoms with Crippen LogP contribution in [-0.4, -0.2) is 34.7 Å². The highest BCUT2D eigenvalue weighted by Crippen LogP contribution is 2.36. The number of hydrogen-bond acceptors (Lipinski definition) is 4. The Hall–Kier alpha value is -3.50. The number of hydrogen-bond donors (Lipinski definition) is 2. The van der Waals surface area contributed by atoms with Gasteiger partial charge in [0.15, 0.2) is 0 Å². The zero-order valence-corrected chi connectivity index (χ0v) is 13.2. The van der Waals surface area contributed by atoms with Crippen LogP contribution in [0.5, 0.6) is 0 Å². The summed E-state index contributed by atoms with van der Waals surface area (Å²) >= 11 is 0. The van der Waals surface area contributed by atoms with E-state index in [9.17, 15) is 31.9 Å². The second-order valence-electron chi connectivity index (χ2n) is 5.49. The van der Waals surface area contributed by atoms with Crippen molar-refractivity contribution in [1.82, 2.24) is 15.6 Å². The fourth-order valence-electron chi connectivity index (χ4n) is 2.44. The fourth-order valence-corrected chi connectivity index (χ4v) is 2.44. The predicted octanol–water partition coefficient (Wildman–Crippen LogP) is 1.97. The molecule has 3 rings (SSSR count). The van der Waals surface area contributed by atoms with Gasteiger partial charge in [-0.05, 0) is 36.4 Å². The van der Waals surface area contributed by atoms with E-state index in [1.165, 1.54) is 29.0 Å². The van der Waals surface area contributed by atoms with Crippen molar-refractivity contribution in [1.29, 1.82) is 0 Å². The molecule has 0 saturated carbocycles. The van der Waals surface area contributed by atoms with E-state index in [4.69, 9.17) is 0 Å². The quantitative estimate of drug-likeness (QED) is 0.627. The van der Waals surface area contributed by atoms with Crippen molar-refractivity contribution < 1.29 is 31.9 Å². The molecule has 2 N–H and O–H groups in total. The number of rotatable bonds is 3. The van der Waals surface area contributed by atoms with Crippen LogP contribution in [0, 0.1) is 5.82 Å². The van der Waals surface area contributed by atoms with Gasteiger partial charge in [-0.3, -0.25) is 19.9 Å². The highest BCUT2D eigenvalue weighted by atomic mass is 19.4. The number of carbonyl (C=O) groups excluding carboxylic acids is 3. The Labute approximate surface area is 149 Å². The van der Waals surface area contributed by atoms with Crippen LogP contribution in [0.2, 0.25) is 0 Å². The van der Waals surface area contributed by atoms with Gasteiger partial charge < -0.3 is 5.32 Å². The van der Waals surface area contributed by atoms with E-state index in [-0.39, 0.29) is 16.2 Å².